The van der Waals surface area contributed by atoms with Gasteiger partial charge in [-0.15, -0.1) is 0 Å². The summed E-state index contributed by atoms with van der Waals surface area (Å²) in [5.74, 6) is 2.55. The second-order valence-corrected chi connectivity index (χ2v) is 10.6. The molecule has 0 N–H and O–H groups in total. The molecule has 190 valence electrons. The minimum Gasteiger partial charge on any atom is -0.487 e. The molecule has 7 nitrogen and oxygen atoms in total. The Morgan fingerprint density at radius 1 is 1.14 bits per heavy atom. The van der Waals surface area contributed by atoms with Crippen molar-refractivity contribution >= 4 is 60.6 Å². The Balaban J connectivity index is 1.50. The Bertz CT molecular complexity index is 1570. The van der Waals surface area contributed by atoms with Crippen molar-refractivity contribution in [3.8, 4) is 17.2 Å². The quantitative estimate of drug-likeness (QED) is 0.191. The van der Waals surface area contributed by atoms with Crippen molar-refractivity contribution in [2.24, 2.45) is 5.10 Å². The van der Waals surface area contributed by atoms with Crippen molar-refractivity contribution in [2.45, 2.75) is 32.8 Å². The second-order valence-electron chi connectivity index (χ2n) is 8.44. The van der Waals surface area contributed by atoms with Crippen LogP contribution in [0.2, 0.25) is 5.02 Å². The van der Waals surface area contributed by atoms with Crippen molar-refractivity contribution in [2.75, 3.05) is 6.79 Å². The molecule has 0 unspecified atom stereocenters. The molecule has 0 aliphatic carbocycles. The molecule has 2 heterocycles. The van der Waals surface area contributed by atoms with Gasteiger partial charge in [0.15, 0.2) is 11.5 Å². The van der Waals surface area contributed by atoms with E-state index in [0.717, 1.165) is 22.9 Å². The largest absolute Gasteiger partial charge is 0.487 e. The smallest absolute Gasteiger partial charge is 0.282 e. The highest BCUT2D eigenvalue weighted by Crippen LogP contribution is 2.35. The van der Waals surface area contributed by atoms with E-state index in [9.17, 15) is 4.79 Å². The minimum absolute atomic E-state index is 0.211. The maximum Gasteiger partial charge on any atom is 0.282 e. The first kappa shape index (κ1) is 25.8. The van der Waals surface area contributed by atoms with E-state index in [1.54, 1.807) is 24.4 Å². The molecule has 0 radical (unpaired) electrons. The van der Waals surface area contributed by atoms with Gasteiger partial charge in [0.05, 0.1) is 21.6 Å². The maximum absolute atomic E-state index is 13.4. The summed E-state index contributed by atoms with van der Waals surface area (Å²) in [5.41, 5.74) is 1.93. The number of rotatable bonds is 8. The zero-order chi connectivity index (χ0) is 25.9. The molecule has 1 aliphatic rings. The van der Waals surface area contributed by atoms with Crippen LogP contribution < -0.4 is 19.8 Å². The summed E-state index contributed by atoms with van der Waals surface area (Å²) in [4.78, 5) is 18.1. The van der Waals surface area contributed by atoms with Crippen LogP contribution in [0.4, 0.5) is 0 Å². The summed E-state index contributed by atoms with van der Waals surface area (Å²) in [6.07, 6.45) is 4.06. The molecular formula is C27H22Br2ClN3O4. The van der Waals surface area contributed by atoms with Crippen LogP contribution in [-0.2, 0) is 13.0 Å². The van der Waals surface area contributed by atoms with Gasteiger partial charge in [-0.1, -0.05) is 46.9 Å². The van der Waals surface area contributed by atoms with E-state index >= 15 is 0 Å². The molecule has 1 aromatic heterocycles. The average Bonchev–Trinajstić information content (AvgIpc) is 3.35. The summed E-state index contributed by atoms with van der Waals surface area (Å²) >= 11 is 13.3. The summed E-state index contributed by atoms with van der Waals surface area (Å²) < 4.78 is 19.8. The monoisotopic (exact) mass is 645 g/mol. The Morgan fingerprint density at radius 3 is 2.81 bits per heavy atom. The lowest BCUT2D eigenvalue weighted by Gasteiger charge is -2.13. The number of ether oxygens (including phenoxy) is 3. The van der Waals surface area contributed by atoms with Crippen molar-refractivity contribution in [3.63, 3.8) is 0 Å². The van der Waals surface area contributed by atoms with Gasteiger partial charge in [0, 0.05) is 21.5 Å². The minimum atomic E-state index is -0.238. The fraction of sp³-hybridized carbons (Fsp3) is 0.222. The first-order valence-corrected chi connectivity index (χ1v) is 13.6. The molecule has 5 rings (SSSR count). The van der Waals surface area contributed by atoms with E-state index in [0.29, 0.717) is 55.5 Å². The molecule has 0 saturated heterocycles. The highest BCUT2D eigenvalue weighted by molar-refractivity contribution is 9.10. The van der Waals surface area contributed by atoms with Crippen LogP contribution in [0, 0.1) is 0 Å². The zero-order valence-electron chi connectivity index (χ0n) is 19.8. The lowest BCUT2D eigenvalue weighted by Crippen LogP contribution is -2.22. The molecule has 0 saturated carbocycles. The number of hydrogen-bond acceptors (Lipinski definition) is 6. The van der Waals surface area contributed by atoms with Crippen LogP contribution in [0.3, 0.4) is 0 Å². The SMILES string of the molecule is CCCCc1nc2ccc(Br)cc2c(=O)n1N=Cc1cc(Cl)cc(Br)c1OCc1ccc2c(c1)OCO2. The molecule has 3 aromatic carbocycles. The highest BCUT2D eigenvalue weighted by Gasteiger charge is 2.16. The van der Waals surface area contributed by atoms with Gasteiger partial charge >= 0.3 is 0 Å². The molecule has 0 atom stereocenters. The van der Waals surface area contributed by atoms with E-state index in [2.05, 4.69) is 43.9 Å². The van der Waals surface area contributed by atoms with Crippen LogP contribution in [0.5, 0.6) is 17.2 Å². The molecular weight excluding hydrogens is 626 g/mol. The average molecular weight is 648 g/mol. The molecule has 37 heavy (non-hydrogen) atoms. The van der Waals surface area contributed by atoms with E-state index in [4.69, 9.17) is 30.8 Å². The van der Waals surface area contributed by atoms with E-state index < -0.39 is 0 Å². The lowest BCUT2D eigenvalue weighted by molar-refractivity contribution is 0.174. The van der Waals surface area contributed by atoms with E-state index in [1.807, 2.05) is 30.3 Å². The molecule has 0 fully saturated rings. The van der Waals surface area contributed by atoms with Crippen LogP contribution >= 0.6 is 43.5 Å². The summed E-state index contributed by atoms with van der Waals surface area (Å²) in [6.45, 7) is 2.59. The van der Waals surface area contributed by atoms with E-state index in [1.165, 1.54) is 4.68 Å². The molecule has 0 amide bonds. The Labute approximate surface area is 235 Å². The number of aryl methyl sites for hydroxylation is 1. The summed E-state index contributed by atoms with van der Waals surface area (Å²) in [6, 6.07) is 14.6. The maximum atomic E-state index is 13.4. The fourth-order valence-electron chi connectivity index (χ4n) is 3.95. The van der Waals surface area contributed by atoms with Gasteiger partial charge in [-0.3, -0.25) is 4.79 Å². The molecule has 0 spiro atoms. The summed E-state index contributed by atoms with van der Waals surface area (Å²) in [5, 5.41) is 5.55. The van der Waals surface area contributed by atoms with Gasteiger partial charge in [0.1, 0.15) is 18.2 Å². The Morgan fingerprint density at radius 2 is 1.97 bits per heavy atom. The van der Waals surface area contributed by atoms with Gasteiger partial charge in [-0.25, -0.2) is 4.98 Å². The van der Waals surface area contributed by atoms with Gasteiger partial charge in [0.2, 0.25) is 6.79 Å². The number of fused-ring (bicyclic) bond motifs is 2. The normalized spacial score (nSPS) is 12.5. The zero-order valence-corrected chi connectivity index (χ0v) is 23.8. The van der Waals surface area contributed by atoms with Crippen molar-refractivity contribution in [1.82, 2.24) is 9.66 Å². The number of unbranched alkanes of at least 4 members (excludes halogenated alkanes) is 1. The first-order chi connectivity index (χ1) is 17.9. The number of nitrogens with zero attached hydrogens (tertiary/aromatic N) is 3. The summed E-state index contributed by atoms with van der Waals surface area (Å²) in [7, 11) is 0. The van der Waals surface area contributed by atoms with Crippen molar-refractivity contribution in [1.29, 1.82) is 0 Å². The van der Waals surface area contributed by atoms with E-state index in [-0.39, 0.29) is 19.0 Å². The standard InChI is InChI=1S/C27H22Br2ClN3O4/c1-2-3-4-25-32-22-7-6-18(28)11-20(22)27(34)33(25)31-13-17-10-19(30)12-21(29)26(17)35-14-16-5-8-23-24(9-16)37-15-36-23/h5-13H,2-4,14-15H2,1H3. The lowest BCUT2D eigenvalue weighted by atomic mass is 10.2. The second kappa shape index (κ2) is 11.2. The van der Waals surface area contributed by atoms with Gasteiger partial charge < -0.3 is 14.2 Å². The van der Waals surface area contributed by atoms with Gasteiger partial charge in [-0.05, 0) is 70.4 Å². The number of aromatic nitrogens is 2. The van der Waals surface area contributed by atoms with Gasteiger partial charge in [0.25, 0.3) is 5.56 Å². The van der Waals surface area contributed by atoms with Gasteiger partial charge in [-0.2, -0.15) is 9.78 Å². The van der Waals surface area contributed by atoms with Crippen LogP contribution in [0.1, 0.15) is 36.7 Å². The topological polar surface area (TPSA) is 74.9 Å². The highest BCUT2D eigenvalue weighted by atomic mass is 79.9. The Kier molecular flexibility index (Phi) is 7.83. The number of halogens is 3. The third-order valence-corrected chi connectivity index (χ3v) is 7.10. The fourth-order valence-corrected chi connectivity index (χ4v) is 5.25. The van der Waals surface area contributed by atoms with Crippen LogP contribution in [-0.4, -0.2) is 22.7 Å². The first-order valence-electron chi connectivity index (χ1n) is 11.7. The number of hydrogen-bond donors (Lipinski definition) is 0. The van der Waals surface area contributed by atoms with Crippen LogP contribution in [0.25, 0.3) is 10.9 Å². The van der Waals surface area contributed by atoms with Crippen molar-refractivity contribution < 1.29 is 14.2 Å². The van der Waals surface area contributed by atoms with Crippen LogP contribution in [0.15, 0.2) is 67.4 Å². The van der Waals surface area contributed by atoms with Crippen molar-refractivity contribution in [3.05, 3.63) is 89.8 Å². The molecule has 0 bridgehead atoms. The Hall–Kier alpha value is -2.88. The molecule has 10 heteroatoms. The predicted octanol–water partition coefficient (Wildman–Crippen LogP) is 7.11. The third kappa shape index (κ3) is 5.68. The molecule has 4 aromatic rings. The molecule has 1 aliphatic heterocycles. The third-order valence-electron chi connectivity index (χ3n) is 5.80. The number of benzene rings is 3. The predicted molar refractivity (Wildman–Crippen MR) is 151 cm³/mol.